The molecule has 0 aliphatic carbocycles. The lowest BCUT2D eigenvalue weighted by Crippen LogP contribution is -2.28. The Bertz CT molecular complexity index is 1540. The molecule has 5 rings (SSSR count). The molecule has 0 atom stereocenters. The minimum absolute atomic E-state index is 0.101. The van der Waals surface area contributed by atoms with Crippen molar-refractivity contribution < 1.29 is 14.3 Å². The first kappa shape index (κ1) is 27.6. The van der Waals surface area contributed by atoms with E-state index in [1.54, 1.807) is 18.1 Å². The normalized spacial score (nSPS) is 15.2. The van der Waals surface area contributed by atoms with Crippen LogP contribution in [0.5, 0.6) is 11.5 Å². The van der Waals surface area contributed by atoms with Gasteiger partial charge in [-0.3, -0.25) is 14.7 Å². The first-order valence-electron chi connectivity index (χ1n) is 12.9. The molecule has 0 radical (unpaired) electrons. The van der Waals surface area contributed by atoms with Crippen LogP contribution in [0, 0.1) is 6.92 Å². The molecule has 0 unspecified atom stereocenters. The maximum Gasteiger partial charge on any atom is 0.267 e. The fraction of sp³-hybridized carbons (Fsp3) is 0.152. The summed E-state index contributed by atoms with van der Waals surface area (Å²) in [5.41, 5.74) is 5.07. The molecule has 4 aromatic carbocycles. The minimum Gasteiger partial charge on any atom is -0.493 e. The lowest BCUT2D eigenvalue weighted by molar-refractivity contribution is -0.122. The average Bonchev–Trinajstić information content (AvgIpc) is 3.26. The van der Waals surface area contributed by atoms with E-state index in [9.17, 15) is 4.79 Å². The van der Waals surface area contributed by atoms with Crippen molar-refractivity contribution in [2.24, 2.45) is 4.99 Å². The summed E-state index contributed by atoms with van der Waals surface area (Å²) in [4.78, 5) is 20.7. The molecule has 0 saturated carbocycles. The smallest absolute Gasteiger partial charge is 0.267 e. The Hall–Kier alpha value is -4.00. The average molecular weight is 569 g/mol. The quantitative estimate of drug-likeness (QED) is 0.192. The topological polar surface area (TPSA) is 51.1 Å². The van der Waals surface area contributed by atoms with Crippen LogP contribution in [0.25, 0.3) is 6.08 Å². The zero-order chi connectivity index (χ0) is 27.9. The van der Waals surface area contributed by atoms with Crippen LogP contribution >= 0.6 is 23.4 Å². The summed E-state index contributed by atoms with van der Waals surface area (Å²) in [7, 11) is 1.58. The molecule has 40 heavy (non-hydrogen) atoms. The second-order valence-electron chi connectivity index (χ2n) is 9.38. The molecule has 0 aromatic heterocycles. The van der Waals surface area contributed by atoms with Gasteiger partial charge in [0.05, 0.1) is 30.1 Å². The van der Waals surface area contributed by atoms with Gasteiger partial charge in [-0.25, -0.2) is 0 Å². The van der Waals surface area contributed by atoms with Crippen LogP contribution in [0.3, 0.4) is 0 Å². The maximum absolute atomic E-state index is 13.6. The molecular formula is C33H29ClN2O3S. The lowest BCUT2D eigenvalue weighted by Gasteiger charge is -2.16. The number of ether oxygens (including phenoxy) is 2. The van der Waals surface area contributed by atoms with Gasteiger partial charge in [-0.1, -0.05) is 102 Å². The standard InChI is InChI=1S/C33H29ClN2O3S/c1-23-13-15-26(16-14-23)22-39-31-28(34)17-27(18-29(31)38-2)19-30-32(37)36(21-25-11-7-4-8-12-25)33(40-30)35-20-24-9-5-3-6-10-24/h3-19H,20-22H2,1-2H3/b30-19+,35-33?. The number of benzene rings is 4. The third kappa shape index (κ3) is 6.76. The summed E-state index contributed by atoms with van der Waals surface area (Å²) < 4.78 is 11.6. The van der Waals surface area contributed by atoms with Crippen LogP contribution in [0.4, 0.5) is 0 Å². The second-order valence-corrected chi connectivity index (χ2v) is 10.8. The van der Waals surface area contributed by atoms with Crippen molar-refractivity contribution in [2.75, 3.05) is 7.11 Å². The van der Waals surface area contributed by atoms with E-state index in [4.69, 9.17) is 26.1 Å². The first-order chi connectivity index (χ1) is 19.5. The van der Waals surface area contributed by atoms with E-state index >= 15 is 0 Å². The number of thioether (sulfide) groups is 1. The predicted octanol–water partition coefficient (Wildman–Crippen LogP) is 7.91. The number of rotatable bonds is 9. The number of nitrogens with zero attached hydrogens (tertiary/aromatic N) is 2. The van der Waals surface area contributed by atoms with Gasteiger partial charge in [-0.15, -0.1) is 0 Å². The van der Waals surface area contributed by atoms with E-state index in [0.29, 0.717) is 46.3 Å². The molecule has 1 aliphatic rings. The van der Waals surface area contributed by atoms with Gasteiger partial charge in [-0.05, 0) is 59.1 Å². The van der Waals surface area contributed by atoms with Crippen molar-refractivity contribution in [3.63, 3.8) is 0 Å². The third-order valence-electron chi connectivity index (χ3n) is 6.36. The number of aryl methyl sites for hydroxylation is 1. The highest BCUT2D eigenvalue weighted by Crippen LogP contribution is 2.39. The van der Waals surface area contributed by atoms with Gasteiger partial charge in [0.25, 0.3) is 5.91 Å². The Kier molecular flexibility index (Phi) is 8.89. The number of halogens is 1. The summed E-state index contributed by atoms with van der Waals surface area (Å²) in [6.07, 6.45) is 1.83. The van der Waals surface area contributed by atoms with Crippen molar-refractivity contribution in [3.05, 3.63) is 135 Å². The van der Waals surface area contributed by atoms with Gasteiger partial charge in [0, 0.05) is 0 Å². The minimum atomic E-state index is -0.101. The Labute approximate surface area is 244 Å². The Morgan fingerprint density at radius 1 is 0.900 bits per heavy atom. The van der Waals surface area contributed by atoms with Crippen molar-refractivity contribution in [3.8, 4) is 11.5 Å². The molecule has 1 fully saturated rings. The summed E-state index contributed by atoms with van der Waals surface area (Å²) in [6, 6.07) is 31.7. The van der Waals surface area contributed by atoms with E-state index in [1.165, 1.54) is 17.3 Å². The molecule has 0 spiro atoms. The fourth-order valence-electron chi connectivity index (χ4n) is 4.23. The van der Waals surface area contributed by atoms with E-state index in [2.05, 4.69) is 0 Å². The van der Waals surface area contributed by atoms with Crippen LogP contribution in [0.15, 0.2) is 107 Å². The largest absolute Gasteiger partial charge is 0.493 e. The van der Waals surface area contributed by atoms with Crippen LogP contribution in [0.2, 0.25) is 5.02 Å². The number of aliphatic imine (C=N–C) groups is 1. The number of amides is 1. The molecule has 0 bridgehead atoms. The maximum atomic E-state index is 13.6. The SMILES string of the molecule is COc1cc(/C=C2/SC(=NCc3ccccc3)N(Cc3ccccc3)C2=O)cc(Cl)c1OCc1ccc(C)cc1. The van der Waals surface area contributed by atoms with E-state index in [1.807, 2.05) is 104 Å². The number of carbonyl (C=O) groups excluding carboxylic acids is 1. The Morgan fingerprint density at radius 3 is 2.25 bits per heavy atom. The summed E-state index contributed by atoms with van der Waals surface area (Å²) >= 11 is 8.01. The molecule has 4 aromatic rings. The number of hydrogen-bond acceptors (Lipinski definition) is 5. The van der Waals surface area contributed by atoms with Crippen LogP contribution in [-0.2, 0) is 24.5 Å². The molecule has 202 valence electrons. The second kappa shape index (κ2) is 12.9. The van der Waals surface area contributed by atoms with Crippen molar-refractivity contribution >= 4 is 40.5 Å². The van der Waals surface area contributed by atoms with Crippen LogP contribution in [-0.4, -0.2) is 23.1 Å². The van der Waals surface area contributed by atoms with E-state index in [-0.39, 0.29) is 5.91 Å². The zero-order valence-electron chi connectivity index (χ0n) is 22.3. The van der Waals surface area contributed by atoms with Gasteiger partial charge >= 0.3 is 0 Å². The highest BCUT2D eigenvalue weighted by atomic mass is 35.5. The number of hydrogen-bond donors (Lipinski definition) is 0. The Balaban J connectivity index is 1.40. The van der Waals surface area contributed by atoms with Gasteiger partial charge < -0.3 is 9.47 Å². The van der Waals surface area contributed by atoms with E-state index < -0.39 is 0 Å². The van der Waals surface area contributed by atoms with Crippen molar-refractivity contribution in [2.45, 2.75) is 26.6 Å². The number of methoxy groups -OCH3 is 1. The van der Waals surface area contributed by atoms with Gasteiger partial charge in [0.15, 0.2) is 16.7 Å². The molecular weight excluding hydrogens is 540 g/mol. The third-order valence-corrected chi connectivity index (χ3v) is 7.69. The summed E-state index contributed by atoms with van der Waals surface area (Å²) in [5, 5.41) is 1.08. The Morgan fingerprint density at radius 2 is 1.57 bits per heavy atom. The van der Waals surface area contributed by atoms with Gasteiger partial charge in [0.2, 0.25) is 0 Å². The molecule has 1 heterocycles. The monoisotopic (exact) mass is 568 g/mol. The van der Waals surface area contributed by atoms with Crippen LogP contribution < -0.4 is 9.47 Å². The highest BCUT2D eigenvalue weighted by Gasteiger charge is 2.33. The molecule has 1 aliphatic heterocycles. The van der Waals surface area contributed by atoms with Crippen molar-refractivity contribution in [1.82, 2.24) is 4.90 Å². The predicted molar refractivity (Wildman–Crippen MR) is 164 cm³/mol. The zero-order valence-corrected chi connectivity index (χ0v) is 23.9. The number of carbonyl (C=O) groups is 1. The van der Waals surface area contributed by atoms with Crippen LogP contribution in [0.1, 0.15) is 27.8 Å². The van der Waals surface area contributed by atoms with Gasteiger partial charge in [-0.2, -0.15) is 0 Å². The first-order valence-corrected chi connectivity index (χ1v) is 14.1. The molecule has 7 heteroatoms. The molecule has 0 N–H and O–H groups in total. The summed E-state index contributed by atoms with van der Waals surface area (Å²) in [6.45, 7) is 3.33. The molecule has 1 amide bonds. The van der Waals surface area contributed by atoms with Crippen molar-refractivity contribution in [1.29, 1.82) is 0 Å². The fourth-order valence-corrected chi connectivity index (χ4v) is 5.48. The lowest BCUT2D eigenvalue weighted by atomic mass is 10.1. The molecule has 5 nitrogen and oxygen atoms in total. The molecule has 1 saturated heterocycles. The number of amidine groups is 1. The van der Waals surface area contributed by atoms with Gasteiger partial charge in [0.1, 0.15) is 6.61 Å². The summed E-state index contributed by atoms with van der Waals surface area (Å²) in [5.74, 6) is 0.865. The highest BCUT2D eigenvalue weighted by molar-refractivity contribution is 8.18. The van der Waals surface area contributed by atoms with E-state index in [0.717, 1.165) is 22.3 Å².